The Morgan fingerprint density at radius 1 is 0.932 bits per heavy atom. The molecule has 6 aromatic rings. The molecule has 5 N–H and O–H groups in total. The standard InChI is InChI=1S/C33H31F3N6O2.C21H21F3IN3O2/c1-2-23-26(35)7-4-18-10-22(43)11-24(27(18)23)29-28(36)30-25(13-37-29)31(41-15-20-5-6-21(16-41)38-20)40-32(39-30)44-17-33-8-3-9-42(33)14-19(34)12-33;22-14-6-5-13(19(18(14)24)27-16-7-4-12(25)9-15(16)23)20(29)28-10-21(30,11-28)17-3-1-2-8-26-17/h1,4,7,10-11,13,19-21,38,43H,3,5-6,8-9,12,14-17H2;4-7,9,17,26-27,30H,1-3,8,10-11H2/t;17-/m.0/s1. The summed E-state index contributed by atoms with van der Waals surface area (Å²) in [6.45, 7) is 3.80. The maximum Gasteiger partial charge on any atom is 0.319 e. The first-order chi connectivity index (χ1) is 35.6. The van der Waals surface area contributed by atoms with E-state index >= 15 is 4.39 Å². The van der Waals surface area contributed by atoms with Crippen molar-refractivity contribution >= 4 is 67.4 Å². The largest absolute Gasteiger partial charge is 0.508 e. The van der Waals surface area contributed by atoms with E-state index < -0.39 is 58.0 Å². The lowest BCUT2D eigenvalue weighted by Gasteiger charge is -2.51. The van der Waals surface area contributed by atoms with E-state index in [1.807, 2.05) is 22.6 Å². The monoisotopic (exact) mass is 1130 g/mol. The summed E-state index contributed by atoms with van der Waals surface area (Å²) in [5, 5.41) is 31.9. The molecule has 4 unspecified atom stereocenters. The first-order valence-electron chi connectivity index (χ1n) is 24.9. The van der Waals surface area contributed by atoms with E-state index in [0.717, 1.165) is 64.1 Å². The third-order valence-electron chi connectivity index (χ3n) is 15.5. The molecule has 4 aromatic carbocycles. The average molecular weight is 1130 g/mol. The minimum atomic E-state index is -1.26. The van der Waals surface area contributed by atoms with Crippen LogP contribution < -0.4 is 25.6 Å². The van der Waals surface area contributed by atoms with Crippen LogP contribution in [0.3, 0.4) is 0 Å². The lowest BCUT2D eigenvalue weighted by Crippen LogP contribution is -2.72. The zero-order chi connectivity index (χ0) is 51.6. The summed E-state index contributed by atoms with van der Waals surface area (Å²) in [6.07, 6.45) is 13.4. The zero-order valence-electron chi connectivity index (χ0n) is 40.0. The smallest absolute Gasteiger partial charge is 0.319 e. The third kappa shape index (κ3) is 9.32. The first-order valence-corrected chi connectivity index (χ1v) is 25.9. The van der Waals surface area contributed by atoms with Crippen molar-refractivity contribution in [3.8, 4) is 35.4 Å². The van der Waals surface area contributed by atoms with Crippen molar-refractivity contribution in [3.63, 3.8) is 0 Å². The van der Waals surface area contributed by atoms with Gasteiger partial charge in [-0.2, -0.15) is 9.97 Å². The Balaban J connectivity index is 0.000000171. The third-order valence-corrected chi connectivity index (χ3v) is 16.2. The summed E-state index contributed by atoms with van der Waals surface area (Å²) in [5.41, 5.74) is -2.12. The van der Waals surface area contributed by atoms with E-state index in [1.165, 1.54) is 53.6 Å². The predicted octanol–water partition coefficient (Wildman–Crippen LogP) is 8.49. The number of phenolic OH excluding ortho intramolecular Hbond substituents is 1. The number of amides is 1. The van der Waals surface area contributed by atoms with Crippen molar-refractivity contribution in [1.82, 2.24) is 35.4 Å². The fraction of sp³-hybridized carbons (Fsp3) is 0.407. The van der Waals surface area contributed by atoms with Crippen LogP contribution in [0.15, 0.2) is 60.8 Å². The Bertz CT molecular complexity index is 3230. The van der Waals surface area contributed by atoms with Gasteiger partial charge in [-0.15, -0.1) is 6.42 Å². The number of rotatable bonds is 9. The highest BCUT2D eigenvalue weighted by Gasteiger charge is 2.51. The molecule has 386 valence electrons. The molecule has 1 amide bonds. The molecule has 74 heavy (non-hydrogen) atoms. The molecule has 0 spiro atoms. The number of alkyl halides is 1. The highest BCUT2D eigenvalue weighted by Crippen LogP contribution is 2.43. The zero-order valence-corrected chi connectivity index (χ0v) is 42.2. The lowest BCUT2D eigenvalue weighted by molar-refractivity contribution is -0.108. The van der Waals surface area contributed by atoms with Crippen LogP contribution in [0.25, 0.3) is 32.9 Å². The number of pyridine rings is 1. The van der Waals surface area contributed by atoms with Crippen LogP contribution >= 0.6 is 22.6 Å². The lowest BCUT2D eigenvalue weighted by atomic mass is 9.81. The van der Waals surface area contributed by atoms with Gasteiger partial charge >= 0.3 is 6.01 Å². The van der Waals surface area contributed by atoms with Crippen molar-refractivity contribution < 1.29 is 46.1 Å². The van der Waals surface area contributed by atoms with Crippen molar-refractivity contribution in [1.29, 1.82) is 0 Å². The van der Waals surface area contributed by atoms with Crippen molar-refractivity contribution in [2.75, 3.05) is 62.6 Å². The normalized spacial score (nSPS) is 24.0. The molecule has 2 bridgehead atoms. The van der Waals surface area contributed by atoms with Gasteiger partial charge in [0.1, 0.15) is 52.8 Å². The van der Waals surface area contributed by atoms with Gasteiger partial charge in [0.05, 0.1) is 46.5 Å². The maximum absolute atomic E-state index is 16.7. The molecule has 0 saturated carbocycles. The number of piperidine rings is 1. The molecule has 6 saturated heterocycles. The van der Waals surface area contributed by atoms with E-state index in [2.05, 4.69) is 41.6 Å². The van der Waals surface area contributed by atoms with Crippen molar-refractivity contribution in [2.45, 2.75) is 86.8 Å². The van der Waals surface area contributed by atoms with E-state index in [4.69, 9.17) is 16.1 Å². The van der Waals surface area contributed by atoms with Gasteiger partial charge in [0.25, 0.3) is 5.91 Å². The van der Waals surface area contributed by atoms with E-state index in [-0.39, 0.29) is 76.5 Å². The molecule has 20 heteroatoms. The number of phenols is 1. The summed E-state index contributed by atoms with van der Waals surface area (Å²) in [5.74, 6) is -2.26. The minimum Gasteiger partial charge on any atom is -0.508 e. The fourth-order valence-corrected chi connectivity index (χ4v) is 12.4. The highest BCUT2D eigenvalue weighted by atomic mass is 127. The van der Waals surface area contributed by atoms with Crippen LogP contribution in [-0.4, -0.2) is 129 Å². The summed E-state index contributed by atoms with van der Waals surface area (Å²) < 4.78 is 95.5. The number of piperazine rings is 1. The average Bonchev–Trinajstić information content (AvgIpc) is 4.04. The molecular weight excluding hydrogens is 1080 g/mol. The number of terminal acetylenes is 1. The summed E-state index contributed by atoms with van der Waals surface area (Å²) in [7, 11) is 0. The minimum absolute atomic E-state index is 0.00778. The number of aromatic hydroxyl groups is 1. The quantitative estimate of drug-likeness (QED) is 0.0537. The molecule has 0 radical (unpaired) electrons. The number of halogens is 7. The predicted molar refractivity (Wildman–Crippen MR) is 276 cm³/mol. The van der Waals surface area contributed by atoms with E-state index in [1.54, 1.807) is 6.07 Å². The van der Waals surface area contributed by atoms with Gasteiger partial charge < -0.3 is 40.7 Å². The molecule has 2 aromatic heterocycles. The van der Waals surface area contributed by atoms with Gasteiger partial charge in [-0.1, -0.05) is 18.4 Å². The Labute approximate surface area is 436 Å². The number of fused-ring (bicyclic) bond motifs is 5. The maximum atomic E-state index is 16.7. The second-order valence-electron chi connectivity index (χ2n) is 20.4. The SMILES string of the molecule is C#Cc1c(F)ccc2cc(O)cc(-c3ncc4c(N5CC6CCC(C5)N6)nc(OCC56CCCN5CC(F)C6)nc4c3F)c12.O=C(c1ccc(F)c(F)c1Nc1ccc(I)cc1F)N1CC(O)([C@@H]2CCCCN2)C1. The van der Waals surface area contributed by atoms with Crippen LogP contribution in [-0.2, 0) is 0 Å². The van der Waals surface area contributed by atoms with Gasteiger partial charge in [0.2, 0.25) is 0 Å². The Hall–Kier alpha value is -5.99. The topological polar surface area (TPSA) is 151 Å². The number of likely N-dealkylation sites (tertiary alicyclic amines) is 1. The van der Waals surface area contributed by atoms with E-state index in [0.29, 0.717) is 58.3 Å². The number of hydrogen-bond donors (Lipinski definition) is 5. The summed E-state index contributed by atoms with van der Waals surface area (Å²) >= 11 is 1.93. The molecular formula is C54H52F6IN9O4. The summed E-state index contributed by atoms with van der Waals surface area (Å²) in [4.78, 5) is 32.5. The number of ether oxygens (including phenoxy) is 1. The number of hydrogen-bond acceptors (Lipinski definition) is 12. The Kier molecular flexibility index (Phi) is 13.5. The number of anilines is 3. The van der Waals surface area contributed by atoms with Gasteiger partial charge in [-0.25, -0.2) is 26.3 Å². The van der Waals surface area contributed by atoms with Gasteiger partial charge in [0, 0.05) is 64.9 Å². The van der Waals surface area contributed by atoms with Crippen LogP contribution in [0.4, 0.5) is 43.5 Å². The molecule has 8 heterocycles. The van der Waals surface area contributed by atoms with Crippen LogP contribution in [0, 0.1) is 45.0 Å². The van der Waals surface area contributed by atoms with E-state index in [9.17, 15) is 37.0 Å². The van der Waals surface area contributed by atoms with Gasteiger partial charge in [0.15, 0.2) is 17.5 Å². The number of carbonyl (C=O) groups excluding carboxylic acids is 1. The van der Waals surface area contributed by atoms with Crippen LogP contribution in [0.2, 0.25) is 0 Å². The highest BCUT2D eigenvalue weighted by molar-refractivity contribution is 14.1. The molecule has 0 aliphatic carbocycles. The number of aliphatic hydroxyl groups is 1. The molecule has 13 nitrogen and oxygen atoms in total. The molecule has 12 rings (SSSR count). The molecule has 6 fully saturated rings. The number of aromatic nitrogens is 3. The van der Waals surface area contributed by atoms with Crippen molar-refractivity contribution in [3.05, 3.63) is 105 Å². The Morgan fingerprint density at radius 2 is 1.72 bits per heavy atom. The summed E-state index contributed by atoms with van der Waals surface area (Å²) in [6, 6.07) is 12.3. The van der Waals surface area contributed by atoms with Crippen molar-refractivity contribution in [2.24, 2.45) is 0 Å². The fourth-order valence-electron chi connectivity index (χ4n) is 11.9. The number of benzene rings is 4. The van der Waals surface area contributed by atoms with Gasteiger partial charge in [-0.3, -0.25) is 14.7 Å². The number of nitrogens with one attached hydrogen (secondary N) is 3. The van der Waals surface area contributed by atoms with Gasteiger partial charge in [-0.05, 0) is 128 Å². The second kappa shape index (κ2) is 19.9. The molecule has 5 atom stereocenters. The number of carbonyl (C=O) groups is 1. The molecule has 6 aliphatic heterocycles. The molecule has 6 aliphatic rings. The van der Waals surface area contributed by atoms with Crippen LogP contribution in [0.1, 0.15) is 67.3 Å². The second-order valence-corrected chi connectivity index (χ2v) is 21.6. The Morgan fingerprint density at radius 3 is 2.46 bits per heavy atom. The van der Waals surface area contributed by atoms with Crippen LogP contribution in [0.5, 0.6) is 11.8 Å². The number of β-amino-alcohol motifs (C(OH)–C–C–N with tert-alkyl or cyclic N) is 1. The first kappa shape index (κ1) is 50.2. The number of nitrogens with zero attached hydrogens (tertiary/aromatic N) is 6.